The molecule has 0 radical (unpaired) electrons. The van der Waals surface area contributed by atoms with Crippen molar-refractivity contribution in [2.75, 3.05) is 59.4 Å². The molecule has 1 aliphatic rings. The first-order valence-corrected chi connectivity index (χ1v) is 8.92. The first kappa shape index (κ1) is 18.9. The summed E-state index contributed by atoms with van der Waals surface area (Å²) in [5, 5.41) is 19.5. The number of hydrogen-bond donors (Lipinski definition) is 4. The number of carbonyl (C=O) groups is 1. The zero-order chi connectivity index (χ0) is 17.3. The Kier molecular flexibility index (Phi) is 7.65. The predicted molar refractivity (Wildman–Crippen MR) is 98.7 cm³/mol. The highest BCUT2D eigenvalue weighted by molar-refractivity contribution is 5.87. The highest BCUT2D eigenvalue weighted by atomic mass is 16.4. The Morgan fingerprint density at radius 1 is 0.875 bits per heavy atom. The van der Waals surface area contributed by atoms with Crippen LogP contribution in [0.25, 0.3) is 0 Å². The Labute approximate surface area is 144 Å². The van der Waals surface area contributed by atoms with Crippen molar-refractivity contribution < 1.29 is 9.90 Å². The van der Waals surface area contributed by atoms with Crippen molar-refractivity contribution in [3.05, 3.63) is 29.8 Å². The first-order valence-electron chi connectivity index (χ1n) is 8.92. The van der Waals surface area contributed by atoms with Gasteiger partial charge in [-0.05, 0) is 43.8 Å². The van der Waals surface area contributed by atoms with E-state index in [1.807, 2.05) is 12.1 Å². The largest absolute Gasteiger partial charge is 0.478 e. The fraction of sp³-hybridized carbons (Fsp3) is 0.611. The van der Waals surface area contributed by atoms with Crippen LogP contribution in [0.4, 0.5) is 5.69 Å². The topological polar surface area (TPSA) is 73.4 Å². The van der Waals surface area contributed by atoms with E-state index in [1.54, 1.807) is 12.1 Å². The van der Waals surface area contributed by atoms with E-state index in [9.17, 15) is 4.79 Å². The molecular weight excluding hydrogens is 304 g/mol. The van der Waals surface area contributed by atoms with Crippen molar-refractivity contribution >= 4 is 11.7 Å². The molecule has 1 aliphatic heterocycles. The van der Waals surface area contributed by atoms with E-state index in [2.05, 4.69) is 23.0 Å². The average molecular weight is 335 g/mol. The lowest BCUT2D eigenvalue weighted by Crippen LogP contribution is -2.50. The molecule has 1 saturated heterocycles. The summed E-state index contributed by atoms with van der Waals surface area (Å²) in [6, 6.07) is 7.35. The van der Waals surface area contributed by atoms with Crippen molar-refractivity contribution in [3.8, 4) is 0 Å². The number of nitrogens with one attached hydrogen (secondary N) is 3. The van der Waals surface area contributed by atoms with Gasteiger partial charge in [-0.3, -0.25) is 4.48 Å². The maximum Gasteiger partial charge on any atom is 0.335 e. The molecule has 0 bridgehead atoms. The monoisotopic (exact) mass is 335 g/mol. The molecule has 1 fully saturated rings. The third kappa shape index (κ3) is 5.87. The van der Waals surface area contributed by atoms with Crippen LogP contribution in [0, 0.1) is 0 Å². The summed E-state index contributed by atoms with van der Waals surface area (Å²) in [5.41, 5.74) is 1.52. The maximum absolute atomic E-state index is 11.1. The Balaban J connectivity index is 2.03. The number of carboxylic acid groups (broad SMARTS) is 1. The highest BCUT2D eigenvalue weighted by Gasteiger charge is 2.24. The van der Waals surface area contributed by atoms with Gasteiger partial charge in [0.05, 0.1) is 25.7 Å². The van der Waals surface area contributed by atoms with E-state index in [0.29, 0.717) is 5.56 Å². The molecule has 1 heterocycles. The molecule has 6 heteroatoms. The molecule has 6 nitrogen and oxygen atoms in total. The van der Waals surface area contributed by atoms with Gasteiger partial charge >= 0.3 is 5.97 Å². The summed E-state index contributed by atoms with van der Waals surface area (Å²) >= 11 is 0. The van der Waals surface area contributed by atoms with Gasteiger partial charge in [0.15, 0.2) is 0 Å². The number of hydrogen-bond acceptors (Lipinski definition) is 4. The minimum absolute atomic E-state index is 0.347. The van der Waals surface area contributed by atoms with Crippen molar-refractivity contribution in [2.24, 2.45) is 0 Å². The second kappa shape index (κ2) is 9.74. The fourth-order valence-electron chi connectivity index (χ4n) is 3.10. The second-order valence-corrected chi connectivity index (χ2v) is 6.65. The van der Waals surface area contributed by atoms with Crippen molar-refractivity contribution in [3.63, 3.8) is 0 Å². The average Bonchev–Trinajstić information content (AvgIpc) is 2.58. The molecule has 0 amide bonds. The molecule has 24 heavy (non-hydrogen) atoms. The van der Waals surface area contributed by atoms with Gasteiger partial charge in [-0.1, -0.05) is 0 Å². The third-order valence-corrected chi connectivity index (χ3v) is 4.71. The van der Waals surface area contributed by atoms with E-state index >= 15 is 0 Å². The van der Waals surface area contributed by atoms with E-state index in [-0.39, 0.29) is 0 Å². The third-order valence-electron chi connectivity index (χ3n) is 4.71. The zero-order valence-corrected chi connectivity index (χ0v) is 14.7. The summed E-state index contributed by atoms with van der Waals surface area (Å²) in [6.45, 7) is 8.11. The lowest BCUT2D eigenvalue weighted by atomic mass is 10.1. The SMILES string of the molecule is C[N+]1(c2ccc(C(=O)O)cc2)CCCNCCNCCCNCC1. The number of benzene rings is 1. The van der Waals surface area contributed by atoms with Crippen molar-refractivity contribution in [2.45, 2.75) is 12.8 Å². The predicted octanol–water partition coefficient (Wildman–Crippen LogP) is 0.885. The molecule has 1 atom stereocenters. The Morgan fingerprint density at radius 2 is 1.46 bits per heavy atom. The van der Waals surface area contributed by atoms with Crippen LogP contribution in [-0.4, -0.2) is 70.5 Å². The number of rotatable bonds is 2. The lowest BCUT2D eigenvalue weighted by molar-refractivity contribution is 0.0697. The summed E-state index contributed by atoms with van der Waals surface area (Å²) in [4.78, 5) is 11.1. The van der Waals surface area contributed by atoms with Crippen LogP contribution in [0.2, 0.25) is 0 Å². The van der Waals surface area contributed by atoms with Gasteiger partial charge in [-0.25, -0.2) is 4.79 Å². The van der Waals surface area contributed by atoms with Crippen LogP contribution in [0.5, 0.6) is 0 Å². The van der Waals surface area contributed by atoms with Crippen LogP contribution in [0.3, 0.4) is 0 Å². The Hall–Kier alpha value is -1.47. The molecular formula is C18H31N4O2+. The summed E-state index contributed by atoms with van der Waals surface area (Å²) < 4.78 is 0.826. The molecule has 0 aliphatic carbocycles. The standard InChI is InChI=1S/C18H30N4O2/c1-22(17-6-4-16(5-7-17)18(23)24)14-3-10-20-12-11-19-8-2-9-21-13-15-22/h4-7,19-21H,2-3,8-15H2,1H3/p+1. The smallest absolute Gasteiger partial charge is 0.335 e. The van der Waals surface area contributed by atoms with Gasteiger partial charge in [-0.15, -0.1) is 0 Å². The molecule has 0 aromatic heterocycles. The Morgan fingerprint density at radius 3 is 2.08 bits per heavy atom. The van der Waals surface area contributed by atoms with Crippen LogP contribution >= 0.6 is 0 Å². The molecule has 1 aromatic carbocycles. The lowest BCUT2D eigenvalue weighted by Gasteiger charge is -2.34. The van der Waals surface area contributed by atoms with E-state index < -0.39 is 5.97 Å². The quantitative estimate of drug-likeness (QED) is 0.604. The Bertz CT molecular complexity index is 490. The zero-order valence-electron chi connectivity index (χ0n) is 14.7. The number of aromatic carboxylic acids is 1. The van der Waals surface area contributed by atoms with Gasteiger partial charge < -0.3 is 21.1 Å². The van der Waals surface area contributed by atoms with Crippen LogP contribution in [-0.2, 0) is 0 Å². The van der Waals surface area contributed by atoms with Crippen molar-refractivity contribution in [1.82, 2.24) is 20.4 Å². The molecule has 0 saturated carbocycles. The van der Waals surface area contributed by atoms with Crippen LogP contribution < -0.4 is 20.4 Å². The van der Waals surface area contributed by atoms with Gasteiger partial charge in [0.1, 0.15) is 5.69 Å². The molecule has 4 N–H and O–H groups in total. The van der Waals surface area contributed by atoms with E-state index in [0.717, 1.165) is 69.7 Å². The molecule has 0 spiro atoms. The molecule has 2 rings (SSSR count). The van der Waals surface area contributed by atoms with Gasteiger partial charge in [-0.2, -0.15) is 0 Å². The van der Waals surface area contributed by atoms with Crippen LogP contribution in [0.15, 0.2) is 24.3 Å². The van der Waals surface area contributed by atoms with Crippen LogP contribution in [0.1, 0.15) is 23.2 Å². The summed E-state index contributed by atoms with van der Waals surface area (Å²) in [6.07, 6.45) is 2.23. The van der Waals surface area contributed by atoms with Crippen molar-refractivity contribution in [1.29, 1.82) is 0 Å². The molecule has 1 aromatic rings. The van der Waals surface area contributed by atoms with Gasteiger partial charge in [0.2, 0.25) is 0 Å². The van der Waals surface area contributed by atoms with E-state index in [1.165, 1.54) is 5.69 Å². The maximum atomic E-state index is 11.1. The minimum atomic E-state index is -0.871. The van der Waals surface area contributed by atoms with E-state index in [4.69, 9.17) is 5.11 Å². The fourth-order valence-corrected chi connectivity index (χ4v) is 3.10. The second-order valence-electron chi connectivity index (χ2n) is 6.65. The molecule has 134 valence electrons. The summed E-state index contributed by atoms with van der Waals surface area (Å²) in [5.74, 6) is -0.871. The number of likely N-dealkylation sites (N-methyl/N-ethyl adjacent to an activating group) is 1. The highest BCUT2D eigenvalue weighted by Crippen LogP contribution is 2.22. The van der Waals surface area contributed by atoms with Gasteiger partial charge in [0.25, 0.3) is 0 Å². The summed E-state index contributed by atoms with van der Waals surface area (Å²) in [7, 11) is 2.24. The number of quaternary nitrogens is 1. The first-order chi connectivity index (χ1) is 11.6. The minimum Gasteiger partial charge on any atom is -0.478 e. The number of carboxylic acids is 1. The number of nitrogens with zero attached hydrogens (tertiary/aromatic N) is 1. The molecule has 1 unspecified atom stereocenters. The van der Waals surface area contributed by atoms with Gasteiger partial charge in [0, 0.05) is 32.6 Å². The normalized spacial score (nSPS) is 24.9.